The van der Waals surface area contributed by atoms with E-state index in [1.807, 2.05) is 26.1 Å². The standard InChI is InChI=1S/C11H14ClN3/c1-7-10-6-9(12)5-8(3-4-13-2)11(10)15-14-7/h5-6,13H,3-4H2,1-2H3,(H,14,15). The number of nitrogens with one attached hydrogen (secondary N) is 2. The summed E-state index contributed by atoms with van der Waals surface area (Å²) in [5, 5.41) is 12.3. The molecular formula is C11H14ClN3. The van der Waals surface area contributed by atoms with Crippen molar-refractivity contribution in [1.82, 2.24) is 15.5 Å². The number of benzene rings is 1. The molecule has 1 aromatic heterocycles. The molecule has 0 saturated heterocycles. The lowest BCUT2D eigenvalue weighted by atomic mass is 10.1. The van der Waals surface area contributed by atoms with Gasteiger partial charge in [-0.3, -0.25) is 5.10 Å². The molecule has 80 valence electrons. The third-order valence-corrected chi connectivity index (χ3v) is 2.76. The first-order valence-corrected chi connectivity index (χ1v) is 5.38. The monoisotopic (exact) mass is 223 g/mol. The van der Waals surface area contributed by atoms with E-state index in [0.717, 1.165) is 34.6 Å². The zero-order valence-corrected chi connectivity index (χ0v) is 9.65. The van der Waals surface area contributed by atoms with Crippen LogP contribution in [0.3, 0.4) is 0 Å². The van der Waals surface area contributed by atoms with Crippen molar-refractivity contribution in [2.75, 3.05) is 13.6 Å². The number of hydrogen-bond acceptors (Lipinski definition) is 2. The summed E-state index contributed by atoms with van der Waals surface area (Å²) >= 11 is 6.07. The first-order chi connectivity index (χ1) is 7.22. The maximum Gasteiger partial charge on any atom is 0.0957 e. The highest BCUT2D eigenvalue weighted by molar-refractivity contribution is 6.31. The molecule has 0 unspecified atom stereocenters. The Bertz CT molecular complexity index is 476. The van der Waals surface area contributed by atoms with Crippen LogP contribution in [0.5, 0.6) is 0 Å². The van der Waals surface area contributed by atoms with Crippen molar-refractivity contribution in [1.29, 1.82) is 0 Å². The number of aromatic amines is 1. The van der Waals surface area contributed by atoms with Crippen molar-refractivity contribution < 1.29 is 0 Å². The third kappa shape index (κ3) is 1.98. The predicted octanol–water partition coefficient (Wildman–Crippen LogP) is 2.29. The molecule has 2 aromatic rings. The molecule has 0 spiro atoms. The molecule has 1 heterocycles. The van der Waals surface area contributed by atoms with E-state index in [9.17, 15) is 0 Å². The minimum atomic E-state index is 0.776. The first-order valence-electron chi connectivity index (χ1n) is 5.00. The minimum absolute atomic E-state index is 0.776. The fraction of sp³-hybridized carbons (Fsp3) is 0.364. The SMILES string of the molecule is CNCCc1cc(Cl)cc2c(C)[nH]nc12. The maximum absolute atomic E-state index is 6.07. The normalized spacial score (nSPS) is 11.1. The number of fused-ring (bicyclic) bond motifs is 1. The van der Waals surface area contributed by atoms with Gasteiger partial charge in [0.25, 0.3) is 0 Å². The lowest BCUT2D eigenvalue weighted by molar-refractivity contribution is 0.793. The summed E-state index contributed by atoms with van der Waals surface area (Å²) in [4.78, 5) is 0. The molecule has 0 aliphatic heterocycles. The van der Waals surface area contributed by atoms with Crippen LogP contribution in [0.2, 0.25) is 5.02 Å². The summed E-state index contributed by atoms with van der Waals surface area (Å²) in [5.41, 5.74) is 3.29. The molecule has 2 N–H and O–H groups in total. The fourth-order valence-corrected chi connectivity index (χ4v) is 1.96. The molecule has 2 rings (SSSR count). The fourth-order valence-electron chi connectivity index (χ4n) is 1.72. The van der Waals surface area contributed by atoms with Crippen LogP contribution in [0.1, 0.15) is 11.3 Å². The van der Waals surface area contributed by atoms with Crippen LogP contribution in [0.25, 0.3) is 10.9 Å². The summed E-state index contributed by atoms with van der Waals surface area (Å²) in [7, 11) is 1.94. The lowest BCUT2D eigenvalue weighted by Crippen LogP contribution is -2.10. The highest BCUT2D eigenvalue weighted by atomic mass is 35.5. The van der Waals surface area contributed by atoms with Gasteiger partial charge < -0.3 is 5.32 Å². The quantitative estimate of drug-likeness (QED) is 0.838. The summed E-state index contributed by atoms with van der Waals surface area (Å²) in [5.74, 6) is 0. The molecular weight excluding hydrogens is 210 g/mol. The molecule has 0 atom stereocenters. The molecule has 15 heavy (non-hydrogen) atoms. The van der Waals surface area contributed by atoms with E-state index in [-0.39, 0.29) is 0 Å². The molecule has 0 radical (unpaired) electrons. The molecule has 0 bridgehead atoms. The molecule has 0 amide bonds. The van der Waals surface area contributed by atoms with Gasteiger partial charge in [0.1, 0.15) is 0 Å². The van der Waals surface area contributed by atoms with Gasteiger partial charge in [-0.15, -0.1) is 0 Å². The maximum atomic E-state index is 6.07. The van der Waals surface area contributed by atoms with Crippen LogP contribution in [0, 0.1) is 6.92 Å². The number of rotatable bonds is 3. The zero-order chi connectivity index (χ0) is 10.8. The molecule has 0 aliphatic carbocycles. The van der Waals surface area contributed by atoms with Crippen LogP contribution < -0.4 is 5.32 Å². The summed E-state index contributed by atoms with van der Waals surface area (Å²) < 4.78 is 0. The number of likely N-dealkylation sites (N-methyl/N-ethyl adjacent to an activating group) is 1. The number of nitrogens with zero attached hydrogens (tertiary/aromatic N) is 1. The highest BCUT2D eigenvalue weighted by Crippen LogP contribution is 2.24. The number of aromatic nitrogens is 2. The number of hydrogen-bond donors (Lipinski definition) is 2. The second-order valence-corrected chi connectivity index (χ2v) is 4.10. The van der Waals surface area contributed by atoms with Crippen molar-refractivity contribution in [3.8, 4) is 0 Å². The Morgan fingerprint density at radius 3 is 3.00 bits per heavy atom. The Kier molecular flexibility index (Phi) is 2.93. The largest absolute Gasteiger partial charge is 0.319 e. The molecule has 3 nitrogen and oxygen atoms in total. The molecule has 0 saturated carbocycles. The van der Waals surface area contributed by atoms with E-state index in [0.29, 0.717) is 0 Å². The van der Waals surface area contributed by atoms with Gasteiger partial charge >= 0.3 is 0 Å². The van der Waals surface area contributed by atoms with Gasteiger partial charge in [-0.1, -0.05) is 11.6 Å². The van der Waals surface area contributed by atoms with E-state index in [1.165, 1.54) is 5.56 Å². The van der Waals surface area contributed by atoms with Crippen molar-refractivity contribution in [2.24, 2.45) is 0 Å². The molecule has 1 aromatic carbocycles. The predicted molar refractivity (Wildman–Crippen MR) is 63.5 cm³/mol. The van der Waals surface area contributed by atoms with Crippen LogP contribution in [0.4, 0.5) is 0 Å². The summed E-state index contributed by atoms with van der Waals surface area (Å²) in [6, 6.07) is 3.94. The van der Waals surface area contributed by atoms with Crippen molar-refractivity contribution in [3.05, 3.63) is 28.4 Å². The van der Waals surface area contributed by atoms with Gasteiger partial charge in [0.05, 0.1) is 5.52 Å². The van der Waals surface area contributed by atoms with Gasteiger partial charge in [0.15, 0.2) is 0 Å². The van der Waals surface area contributed by atoms with Gasteiger partial charge in [0, 0.05) is 16.1 Å². The van der Waals surface area contributed by atoms with E-state index in [4.69, 9.17) is 11.6 Å². The van der Waals surface area contributed by atoms with Crippen molar-refractivity contribution in [3.63, 3.8) is 0 Å². The van der Waals surface area contributed by atoms with Gasteiger partial charge in [-0.2, -0.15) is 5.10 Å². The van der Waals surface area contributed by atoms with E-state index in [1.54, 1.807) is 0 Å². The lowest BCUT2D eigenvalue weighted by Gasteiger charge is -2.03. The van der Waals surface area contributed by atoms with Crippen LogP contribution >= 0.6 is 11.6 Å². The van der Waals surface area contributed by atoms with Gasteiger partial charge in [-0.25, -0.2) is 0 Å². The van der Waals surface area contributed by atoms with Crippen molar-refractivity contribution in [2.45, 2.75) is 13.3 Å². The average Bonchev–Trinajstić information content (AvgIpc) is 2.57. The topological polar surface area (TPSA) is 40.7 Å². The van der Waals surface area contributed by atoms with Crippen molar-refractivity contribution >= 4 is 22.5 Å². The second-order valence-electron chi connectivity index (χ2n) is 3.66. The average molecular weight is 224 g/mol. The minimum Gasteiger partial charge on any atom is -0.319 e. The number of aryl methyl sites for hydroxylation is 1. The molecule has 4 heteroatoms. The summed E-state index contributed by atoms with van der Waals surface area (Å²) in [6.45, 7) is 2.94. The van der Waals surface area contributed by atoms with E-state index >= 15 is 0 Å². The number of halogens is 1. The van der Waals surface area contributed by atoms with E-state index < -0.39 is 0 Å². The highest BCUT2D eigenvalue weighted by Gasteiger charge is 2.08. The van der Waals surface area contributed by atoms with Crippen LogP contribution in [-0.4, -0.2) is 23.8 Å². The third-order valence-electron chi connectivity index (χ3n) is 2.54. The van der Waals surface area contributed by atoms with Gasteiger partial charge in [0.2, 0.25) is 0 Å². The van der Waals surface area contributed by atoms with Crippen LogP contribution in [-0.2, 0) is 6.42 Å². The Hall–Kier alpha value is -1.06. The Balaban J connectivity index is 2.52. The zero-order valence-electron chi connectivity index (χ0n) is 8.89. The number of H-pyrrole nitrogens is 1. The summed E-state index contributed by atoms with van der Waals surface area (Å²) in [6.07, 6.45) is 0.942. The van der Waals surface area contributed by atoms with E-state index in [2.05, 4.69) is 15.5 Å². The Morgan fingerprint density at radius 2 is 2.27 bits per heavy atom. The molecule has 0 aliphatic rings. The molecule has 0 fully saturated rings. The smallest absolute Gasteiger partial charge is 0.0957 e. The first kappa shape index (κ1) is 10.5. The Morgan fingerprint density at radius 1 is 1.47 bits per heavy atom. The second kappa shape index (κ2) is 4.21. The van der Waals surface area contributed by atoms with Gasteiger partial charge in [-0.05, 0) is 44.6 Å². The van der Waals surface area contributed by atoms with Crippen LogP contribution in [0.15, 0.2) is 12.1 Å². The Labute approximate surface area is 93.8 Å².